The number of rotatable bonds is 12. The first-order valence-corrected chi connectivity index (χ1v) is 16.0. The van der Waals surface area contributed by atoms with Gasteiger partial charge < -0.3 is 15.4 Å². The summed E-state index contributed by atoms with van der Waals surface area (Å²) in [7, 11) is 0. The van der Waals surface area contributed by atoms with Crippen molar-refractivity contribution in [2.45, 2.75) is 36.3 Å². The first-order valence-electron chi connectivity index (χ1n) is 14.2. The zero-order valence-corrected chi connectivity index (χ0v) is 25.7. The van der Waals surface area contributed by atoms with Gasteiger partial charge in [-0.05, 0) is 95.6 Å². The second kappa shape index (κ2) is 14.7. The number of hydrogen-bond acceptors (Lipinski definition) is 7. The first-order chi connectivity index (χ1) is 21.4. The smallest absolute Gasteiger partial charge is 0.272 e. The van der Waals surface area contributed by atoms with Gasteiger partial charge >= 0.3 is 0 Å². The number of imide groups is 1. The number of thioether (sulfide) groups is 1. The number of anilines is 2. The van der Waals surface area contributed by atoms with Gasteiger partial charge in [-0.1, -0.05) is 31.5 Å². The highest BCUT2D eigenvalue weighted by molar-refractivity contribution is 8.00. The largest absolute Gasteiger partial charge is 0.494 e. The second-order valence-electron chi connectivity index (χ2n) is 9.99. The van der Waals surface area contributed by atoms with E-state index >= 15 is 0 Å². The number of ether oxygens (including phenoxy) is 1. The quantitative estimate of drug-likeness (QED) is 0.102. The second-order valence-corrected chi connectivity index (χ2v) is 12.0. The Kier molecular flexibility index (Phi) is 10.3. The zero-order valence-electron chi connectivity index (χ0n) is 24.0. The lowest BCUT2D eigenvalue weighted by molar-refractivity contribution is -0.121. The number of unbranched alkanes of at least 4 members (excludes halogenated alkanes) is 1. The molecule has 8 nitrogen and oxygen atoms in total. The highest BCUT2D eigenvalue weighted by Crippen LogP contribution is 2.35. The Labute approximate surface area is 264 Å². The zero-order chi connectivity index (χ0) is 30.9. The summed E-state index contributed by atoms with van der Waals surface area (Å²) in [6.07, 6.45) is 3.71. The predicted molar refractivity (Wildman–Crippen MR) is 175 cm³/mol. The minimum Gasteiger partial charge on any atom is -0.494 e. The molecule has 1 fully saturated rings. The van der Waals surface area contributed by atoms with Gasteiger partial charge in [0.05, 0.1) is 17.5 Å². The fraction of sp³-hybridized carbons (Fsp3) is 0.176. The number of nitrogens with zero attached hydrogens (tertiary/aromatic N) is 1. The summed E-state index contributed by atoms with van der Waals surface area (Å²) in [4.78, 5) is 54.0. The minimum atomic E-state index is -0.559. The molecular weight excluding hydrogens is 595 g/mol. The van der Waals surface area contributed by atoms with Crippen LogP contribution >= 0.6 is 23.1 Å². The molecule has 0 aliphatic carbocycles. The maximum Gasteiger partial charge on any atom is 0.272 e. The van der Waals surface area contributed by atoms with Crippen molar-refractivity contribution < 1.29 is 23.9 Å². The molecule has 44 heavy (non-hydrogen) atoms. The molecule has 3 aromatic carbocycles. The topological polar surface area (TPSA) is 105 Å². The van der Waals surface area contributed by atoms with Crippen molar-refractivity contribution >= 4 is 64.2 Å². The van der Waals surface area contributed by atoms with Crippen molar-refractivity contribution in [2.75, 3.05) is 16.8 Å². The van der Waals surface area contributed by atoms with E-state index in [-0.39, 0.29) is 23.9 Å². The van der Waals surface area contributed by atoms with E-state index in [2.05, 4.69) is 17.6 Å². The summed E-state index contributed by atoms with van der Waals surface area (Å²) in [5.41, 5.74) is 2.37. The van der Waals surface area contributed by atoms with Gasteiger partial charge in [-0.3, -0.25) is 19.2 Å². The highest BCUT2D eigenvalue weighted by Gasteiger charge is 2.40. The van der Waals surface area contributed by atoms with Crippen LogP contribution in [-0.2, 0) is 14.4 Å². The van der Waals surface area contributed by atoms with Crippen LogP contribution in [0.5, 0.6) is 5.75 Å². The lowest BCUT2D eigenvalue weighted by Gasteiger charge is -2.16. The molecular formula is C34H31N3O5S2. The Bertz CT molecular complexity index is 1640. The molecule has 224 valence electrons. The van der Waals surface area contributed by atoms with E-state index in [0.29, 0.717) is 29.3 Å². The highest BCUT2D eigenvalue weighted by atomic mass is 32.2. The van der Waals surface area contributed by atoms with E-state index in [1.807, 2.05) is 22.9 Å². The fourth-order valence-electron chi connectivity index (χ4n) is 4.44. The van der Waals surface area contributed by atoms with Crippen LogP contribution in [0.3, 0.4) is 0 Å². The minimum absolute atomic E-state index is 0.0919. The third-order valence-corrected chi connectivity index (χ3v) is 8.64. The van der Waals surface area contributed by atoms with Gasteiger partial charge in [0.25, 0.3) is 11.8 Å². The number of carbonyl (C=O) groups is 4. The number of carbonyl (C=O) groups excluding carboxylic acids is 4. The summed E-state index contributed by atoms with van der Waals surface area (Å²) in [6.45, 7) is 2.71. The molecule has 1 unspecified atom stereocenters. The van der Waals surface area contributed by atoms with Gasteiger partial charge in [0.15, 0.2) is 0 Å². The molecule has 1 aromatic heterocycles. The third kappa shape index (κ3) is 7.83. The molecule has 5 rings (SSSR count). The van der Waals surface area contributed by atoms with Gasteiger partial charge in [-0.2, -0.15) is 11.3 Å². The van der Waals surface area contributed by atoms with E-state index < -0.39 is 17.1 Å². The normalized spacial score (nSPS) is 14.9. The van der Waals surface area contributed by atoms with Crippen molar-refractivity contribution in [3.8, 4) is 5.75 Å². The van der Waals surface area contributed by atoms with E-state index in [4.69, 9.17) is 4.74 Å². The Morgan fingerprint density at radius 2 is 1.75 bits per heavy atom. The van der Waals surface area contributed by atoms with Crippen LogP contribution in [0.2, 0.25) is 0 Å². The average molecular weight is 626 g/mol. The Balaban J connectivity index is 1.21. The molecule has 4 amide bonds. The van der Waals surface area contributed by atoms with Crippen molar-refractivity contribution in [3.05, 3.63) is 113 Å². The Morgan fingerprint density at radius 3 is 2.43 bits per heavy atom. The molecule has 1 aliphatic rings. The van der Waals surface area contributed by atoms with E-state index in [0.717, 1.165) is 23.3 Å². The fourth-order valence-corrected chi connectivity index (χ4v) is 6.11. The molecule has 4 aromatic rings. The lowest BCUT2D eigenvalue weighted by atomic mass is 10.2. The van der Waals surface area contributed by atoms with Gasteiger partial charge in [0.2, 0.25) is 11.8 Å². The molecule has 0 spiro atoms. The lowest BCUT2D eigenvalue weighted by Crippen LogP contribution is -2.31. The SMILES string of the molecule is CCCCOc1ccc(N2C(=O)CC(Sc3ccc(NC(=O)/C(=C/c4ccsc4)NC(=O)c4ccccc4)cc3)C2=O)cc1. The standard InChI is InChI=1S/C34H31N3O5S2/c1-2-3-18-42-27-13-11-26(12-14-27)37-31(38)21-30(34(37)41)44-28-15-9-25(10-16-28)35-33(40)29(20-23-17-19-43-22-23)36-32(39)24-7-5-4-6-8-24/h4-17,19-20,22,30H,2-3,18,21H2,1H3,(H,35,40)(H,36,39)/b29-20-. The van der Waals surface area contributed by atoms with Gasteiger partial charge in [0.1, 0.15) is 11.4 Å². The molecule has 2 heterocycles. The molecule has 0 saturated carbocycles. The van der Waals surface area contributed by atoms with Crippen molar-refractivity contribution in [2.24, 2.45) is 0 Å². The summed E-state index contributed by atoms with van der Waals surface area (Å²) < 4.78 is 5.68. The molecule has 0 radical (unpaired) electrons. The van der Waals surface area contributed by atoms with Crippen molar-refractivity contribution in [1.29, 1.82) is 0 Å². The maximum atomic E-state index is 13.2. The summed E-state index contributed by atoms with van der Waals surface area (Å²) in [6, 6.07) is 24.5. The molecule has 10 heteroatoms. The van der Waals surface area contributed by atoms with Crippen molar-refractivity contribution in [3.63, 3.8) is 0 Å². The number of benzene rings is 3. The maximum absolute atomic E-state index is 13.2. The van der Waals surface area contributed by atoms with Crippen LogP contribution in [0.1, 0.15) is 42.1 Å². The van der Waals surface area contributed by atoms with E-state index in [9.17, 15) is 19.2 Å². The molecule has 0 bridgehead atoms. The number of thiophene rings is 1. The van der Waals surface area contributed by atoms with E-state index in [1.165, 1.54) is 28.0 Å². The molecule has 2 N–H and O–H groups in total. The van der Waals surface area contributed by atoms with Crippen LogP contribution in [0.15, 0.2) is 106 Å². The first kappa shape index (κ1) is 30.8. The molecule has 1 aliphatic heterocycles. The monoisotopic (exact) mass is 625 g/mol. The summed E-state index contributed by atoms with van der Waals surface area (Å²) in [5, 5.41) is 8.76. The van der Waals surface area contributed by atoms with Crippen LogP contribution < -0.4 is 20.3 Å². The average Bonchev–Trinajstić information content (AvgIpc) is 3.65. The third-order valence-electron chi connectivity index (χ3n) is 6.74. The summed E-state index contributed by atoms with van der Waals surface area (Å²) >= 11 is 2.79. The van der Waals surface area contributed by atoms with Gasteiger partial charge in [-0.25, -0.2) is 4.90 Å². The Hall–Kier alpha value is -4.67. The van der Waals surface area contributed by atoms with Gasteiger partial charge in [0, 0.05) is 22.6 Å². The number of nitrogens with one attached hydrogen (secondary N) is 2. The van der Waals surface area contributed by atoms with Crippen molar-refractivity contribution in [1.82, 2.24) is 5.32 Å². The predicted octanol–water partition coefficient (Wildman–Crippen LogP) is 6.76. The van der Waals surface area contributed by atoms with Gasteiger partial charge in [-0.15, -0.1) is 11.8 Å². The summed E-state index contributed by atoms with van der Waals surface area (Å²) in [5.74, 6) is -0.690. The van der Waals surface area contributed by atoms with Crippen LogP contribution in [0.25, 0.3) is 6.08 Å². The molecule has 1 atom stereocenters. The van der Waals surface area contributed by atoms with E-state index in [1.54, 1.807) is 78.9 Å². The van der Waals surface area contributed by atoms with Crippen LogP contribution in [0.4, 0.5) is 11.4 Å². The number of amides is 4. The Morgan fingerprint density at radius 1 is 1.00 bits per heavy atom. The number of hydrogen-bond donors (Lipinski definition) is 2. The van der Waals surface area contributed by atoms with Crippen LogP contribution in [0, 0.1) is 0 Å². The molecule has 1 saturated heterocycles. The van der Waals surface area contributed by atoms with Crippen LogP contribution in [-0.4, -0.2) is 35.5 Å².